The normalized spacial score (nSPS) is 17.4. The quantitative estimate of drug-likeness (QED) is 0.463. The van der Waals surface area contributed by atoms with Crippen molar-refractivity contribution < 1.29 is 9.18 Å². The van der Waals surface area contributed by atoms with E-state index < -0.39 is 0 Å². The van der Waals surface area contributed by atoms with Crippen molar-refractivity contribution in [3.8, 4) is 0 Å². The van der Waals surface area contributed by atoms with Gasteiger partial charge >= 0.3 is 0 Å². The molecule has 1 aliphatic heterocycles. The maximum absolute atomic E-state index is 13.6. The van der Waals surface area contributed by atoms with Crippen molar-refractivity contribution >= 4 is 56.2 Å². The van der Waals surface area contributed by atoms with Crippen LogP contribution in [-0.2, 0) is 4.79 Å². The molecule has 1 aromatic carbocycles. The van der Waals surface area contributed by atoms with Gasteiger partial charge in [0, 0.05) is 16.6 Å². The van der Waals surface area contributed by atoms with E-state index >= 15 is 0 Å². The molecule has 0 N–H and O–H groups in total. The van der Waals surface area contributed by atoms with Crippen molar-refractivity contribution in [1.29, 1.82) is 0 Å². The van der Waals surface area contributed by atoms with E-state index in [0.717, 1.165) is 4.47 Å². The maximum atomic E-state index is 13.6. The molecule has 1 heterocycles. The molecule has 2 nitrogen and oxygen atoms in total. The Morgan fingerprint density at radius 3 is 2.95 bits per heavy atom. The zero-order valence-corrected chi connectivity index (χ0v) is 12.9. The zero-order valence-electron chi connectivity index (χ0n) is 9.73. The van der Waals surface area contributed by atoms with Crippen LogP contribution in [0.2, 0.25) is 0 Å². The van der Waals surface area contributed by atoms with Crippen LogP contribution in [-0.4, -0.2) is 21.7 Å². The summed E-state index contributed by atoms with van der Waals surface area (Å²) in [5, 5.41) is 0. The van der Waals surface area contributed by atoms with E-state index in [2.05, 4.69) is 22.5 Å². The van der Waals surface area contributed by atoms with Crippen LogP contribution < -0.4 is 0 Å². The highest BCUT2D eigenvalue weighted by molar-refractivity contribution is 9.10. The Labute approximate surface area is 128 Å². The molecule has 1 amide bonds. The van der Waals surface area contributed by atoms with E-state index in [9.17, 15) is 9.18 Å². The molecule has 1 aliphatic rings. The fourth-order valence-electron chi connectivity index (χ4n) is 1.55. The summed E-state index contributed by atoms with van der Waals surface area (Å²) in [6.45, 7) is 3.94. The van der Waals surface area contributed by atoms with Crippen molar-refractivity contribution in [3.05, 3.63) is 51.6 Å². The molecule has 0 radical (unpaired) electrons. The molecule has 1 saturated heterocycles. The van der Waals surface area contributed by atoms with Gasteiger partial charge in [-0.05, 0) is 24.3 Å². The highest BCUT2D eigenvalue weighted by atomic mass is 79.9. The van der Waals surface area contributed by atoms with Gasteiger partial charge in [0.2, 0.25) is 0 Å². The van der Waals surface area contributed by atoms with Crippen molar-refractivity contribution in [2.75, 3.05) is 6.54 Å². The monoisotopic (exact) mass is 357 g/mol. The van der Waals surface area contributed by atoms with Gasteiger partial charge in [-0.1, -0.05) is 46.0 Å². The predicted molar refractivity (Wildman–Crippen MR) is 84.2 cm³/mol. The number of amides is 1. The Bertz CT molecular complexity index is 600. The molecule has 0 aromatic heterocycles. The predicted octanol–water partition coefficient (Wildman–Crippen LogP) is 3.98. The second-order valence-corrected chi connectivity index (χ2v) is 6.34. The van der Waals surface area contributed by atoms with E-state index in [4.69, 9.17) is 12.2 Å². The summed E-state index contributed by atoms with van der Waals surface area (Å²) in [4.78, 5) is 13.9. The first kappa shape index (κ1) is 14.4. The number of nitrogens with zero attached hydrogens (tertiary/aromatic N) is 1. The van der Waals surface area contributed by atoms with Gasteiger partial charge in [-0.15, -0.1) is 6.58 Å². The summed E-state index contributed by atoms with van der Waals surface area (Å²) in [6.07, 6.45) is 3.12. The van der Waals surface area contributed by atoms with Gasteiger partial charge < -0.3 is 0 Å². The first-order valence-electron chi connectivity index (χ1n) is 5.34. The van der Waals surface area contributed by atoms with E-state index in [-0.39, 0.29) is 11.7 Å². The summed E-state index contributed by atoms with van der Waals surface area (Å²) in [6, 6.07) is 4.57. The number of carbonyl (C=O) groups is 1. The third-order valence-corrected chi connectivity index (χ3v) is 4.30. The van der Waals surface area contributed by atoms with Gasteiger partial charge in [-0.25, -0.2) is 4.39 Å². The molecule has 6 heteroatoms. The van der Waals surface area contributed by atoms with Gasteiger partial charge in [-0.2, -0.15) is 0 Å². The molecule has 0 unspecified atom stereocenters. The van der Waals surface area contributed by atoms with Gasteiger partial charge in [0.15, 0.2) is 0 Å². The lowest BCUT2D eigenvalue weighted by Gasteiger charge is -2.10. The van der Waals surface area contributed by atoms with Crippen molar-refractivity contribution in [2.24, 2.45) is 0 Å². The van der Waals surface area contributed by atoms with E-state index in [1.54, 1.807) is 18.2 Å². The summed E-state index contributed by atoms with van der Waals surface area (Å²) in [5.74, 6) is -0.591. The fraction of sp³-hybridized carbons (Fsp3) is 0.0769. The fourth-order valence-corrected chi connectivity index (χ4v) is 3.20. The minimum absolute atomic E-state index is 0.214. The lowest BCUT2D eigenvalue weighted by atomic mass is 10.2. The Morgan fingerprint density at radius 1 is 1.53 bits per heavy atom. The summed E-state index contributed by atoms with van der Waals surface area (Å²) in [5.41, 5.74) is 0.355. The molecular weight excluding hydrogens is 349 g/mol. The van der Waals surface area contributed by atoms with Gasteiger partial charge in [0.1, 0.15) is 10.1 Å². The second kappa shape index (κ2) is 5.98. The zero-order chi connectivity index (χ0) is 14.0. The second-order valence-electron chi connectivity index (χ2n) is 3.75. The van der Waals surface area contributed by atoms with Crippen LogP contribution in [0.25, 0.3) is 6.08 Å². The largest absolute Gasteiger partial charge is 0.289 e. The van der Waals surface area contributed by atoms with E-state index in [1.807, 2.05) is 0 Å². The van der Waals surface area contributed by atoms with Crippen LogP contribution in [0.4, 0.5) is 4.39 Å². The Balaban J connectivity index is 2.34. The Kier molecular flexibility index (Phi) is 4.54. The van der Waals surface area contributed by atoms with Crippen LogP contribution in [0.5, 0.6) is 0 Å². The highest BCUT2D eigenvalue weighted by Gasteiger charge is 2.31. The molecule has 1 aromatic rings. The number of halogens is 2. The number of rotatable bonds is 3. The van der Waals surface area contributed by atoms with Crippen LogP contribution in [0, 0.1) is 5.82 Å². The average molecular weight is 358 g/mol. The lowest BCUT2D eigenvalue weighted by Crippen LogP contribution is -2.27. The molecule has 0 spiro atoms. The van der Waals surface area contributed by atoms with Crippen molar-refractivity contribution in [1.82, 2.24) is 4.90 Å². The Hall–Kier alpha value is -0.980. The standard InChI is InChI=1S/C13H9BrFNOS2/c1-2-5-16-12(17)11(19-13(16)18)7-8-6-9(14)3-4-10(8)15/h2-4,6-7H,1,5H2. The molecule has 2 rings (SSSR count). The molecular formula is C13H9BrFNOS2. The van der Waals surface area contributed by atoms with Gasteiger partial charge in [0.05, 0.1) is 4.91 Å². The van der Waals surface area contributed by atoms with E-state index in [1.165, 1.54) is 28.8 Å². The number of hydrogen-bond acceptors (Lipinski definition) is 3. The third-order valence-electron chi connectivity index (χ3n) is 2.43. The minimum Gasteiger partial charge on any atom is -0.289 e. The molecule has 0 atom stereocenters. The number of hydrogen-bond donors (Lipinski definition) is 0. The first-order valence-corrected chi connectivity index (χ1v) is 7.36. The van der Waals surface area contributed by atoms with Crippen LogP contribution in [0.3, 0.4) is 0 Å². The molecule has 0 bridgehead atoms. The van der Waals surface area contributed by atoms with Crippen LogP contribution in [0.15, 0.2) is 40.2 Å². The number of thiocarbonyl (C=S) groups is 1. The summed E-state index contributed by atoms with van der Waals surface area (Å²) < 4.78 is 14.9. The van der Waals surface area contributed by atoms with E-state index in [0.29, 0.717) is 21.3 Å². The molecule has 1 fully saturated rings. The summed E-state index contributed by atoms with van der Waals surface area (Å²) in [7, 11) is 0. The SMILES string of the molecule is C=CCN1C(=O)C(=Cc2cc(Br)ccc2F)SC1=S. The molecule has 0 saturated carbocycles. The third kappa shape index (κ3) is 3.13. The number of thioether (sulfide) groups is 1. The van der Waals surface area contributed by atoms with Crippen molar-refractivity contribution in [3.63, 3.8) is 0 Å². The molecule has 0 aliphatic carbocycles. The minimum atomic E-state index is -0.378. The highest BCUT2D eigenvalue weighted by Crippen LogP contribution is 2.33. The first-order chi connectivity index (χ1) is 9.02. The van der Waals surface area contributed by atoms with Crippen molar-refractivity contribution in [2.45, 2.75) is 0 Å². The molecule has 98 valence electrons. The van der Waals surface area contributed by atoms with Crippen LogP contribution in [0.1, 0.15) is 5.56 Å². The number of benzene rings is 1. The van der Waals surface area contributed by atoms with Gasteiger partial charge in [-0.3, -0.25) is 9.69 Å². The molecule has 19 heavy (non-hydrogen) atoms. The average Bonchev–Trinajstić information content (AvgIpc) is 2.62. The topological polar surface area (TPSA) is 20.3 Å². The summed E-state index contributed by atoms with van der Waals surface area (Å²) >= 11 is 9.55. The lowest BCUT2D eigenvalue weighted by molar-refractivity contribution is -0.121. The number of carbonyl (C=O) groups excluding carboxylic acids is 1. The van der Waals surface area contributed by atoms with Crippen LogP contribution >= 0.6 is 39.9 Å². The van der Waals surface area contributed by atoms with Gasteiger partial charge in [0.25, 0.3) is 5.91 Å². The Morgan fingerprint density at radius 2 is 2.26 bits per heavy atom. The smallest absolute Gasteiger partial charge is 0.266 e. The maximum Gasteiger partial charge on any atom is 0.266 e.